The van der Waals surface area contributed by atoms with Crippen LogP contribution in [0.1, 0.15) is 24.8 Å². The first-order valence-electron chi connectivity index (χ1n) is 6.95. The molecule has 0 bridgehead atoms. The second-order valence-corrected chi connectivity index (χ2v) is 5.13. The molecule has 18 heavy (non-hydrogen) atoms. The molecule has 1 atom stereocenters. The van der Waals surface area contributed by atoms with E-state index in [1.54, 1.807) is 0 Å². The number of rotatable bonds is 3. The highest BCUT2D eigenvalue weighted by molar-refractivity contribution is 5.14. The minimum atomic E-state index is -0.00554. The van der Waals surface area contributed by atoms with Crippen molar-refractivity contribution < 1.29 is 9.47 Å². The number of benzene rings is 1. The monoisotopic (exact) mass is 247 g/mol. The zero-order chi connectivity index (χ0) is 12.2. The lowest BCUT2D eigenvalue weighted by Crippen LogP contribution is -2.46. The fourth-order valence-electron chi connectivity index (χ4n) is 2.94. The van der Waals surface area contributed by atoms with E-state index in [4.69, 9.17) is 9.47 Å². The largest absolute Gasteiger partial charge is 0.349 e. The van der Waals surface area contributed by atoms with Gasteiger partial charge in [-0.2, -0.15) is 0 Å². The summed E-state index contributed by atoms with van der Waals surface area (Å²) >= 11 is 0. The highest BCUT2D eigenvalue weighted by Crippen LogP contribution is 2.25. The molecule has 3 nitrogen and oxygen atoms in total. The Hall–Kier alpha value is -0.900. The van der Waals surface area contributed by atoms with Gasteiger partial charge >= 0.3 is 0 Å². The Kier molecular flexibility index (Phi) is 3.93. The summed E-state index contributed by atoms with van der Waals surface area (Å²) in [5, 5.41) is 0. The maximum Gasteiger partial charge on any atom is 0.173 e. The minimum absolute atomic E-state index is 0.00554. The van der Waals surface area contributed by atoms with Gasteiger partial charge in [-0.05, 0) is 24.9 Å². The zero-order valence-electron chi connectivity index (χ0n) is 10.8. The lowest BCUT2D eigenvalue weighted by atomic mass is 10.0. The van der Waals surface area contributed by atoms with Gasteiger partial charge in [0.05, 0.1) is 19.3 Å². The number of hydrogen-bond donors (Lipinski definition) is 0. The van der Waals surface area contributed by atoms with Crippen molar-refractivity contribution in [2.24, 2.45) is 0 Å². The summed E-state index contributed by atoms with van der Waals surface area (Å²) in [4.78, 5) is 2.52. The number of hydrogen-bond acceptors (Lipinski definition) is 3. The van der Waals surface area contributed by atoms with E-state index in [1.807, 2.05) is 0 Å². The number of ether oxygens (including phenoxy) is 2. The quantitative estimate of drug-likeness (QED) is 0.818. The van der Waals surface area contributed by atoms with Gasteiger partial charge in [-0.25, -0.2) is 0 Å². The van der Waals surface area contributed by atoms with Crippen molar-refractivity contribution in [3.05, 3.63) is 35.9 Å². The molecule has 0 unspecified atom stereocenters. The Morgan fingerprint density at radius 1 is 1.06 bits per heavy atom. The second-order valence-electron chi connectivity index (χ2n) is 5.13. The SMILES string of the molecule is c1ccc(CN2CCCC[C@@H]2C2OCCO2)cc1. The van der Waals surface area contributed by atoms with Crippen LogP contribution in [0.4, 0.5) is 0 Å². The summed E-state index contributed by atoms with van der Waals surface area (Å²) in [6.45, 7) is 3.66. The van der Waals surface area contributed by atoms with Crippen LogP contribution < -0.4 is 0 Å². The topological polar surface area (TPSA) is 21.7 Å². The van der Waals surface area contributed by atoms with Crippen LogP contribution in [0.25, 0.3) is 0 Å². The molecule has 3 heteroatoms. The van der Waals surface area contributed by atoms with Crippen molar-refractivity contribution in [2.45, 2.75) is 38.1 Å². The van der Waals surface area contributed by atoms with E-state index >= 15 is 0 Å². The van der Waals surface area contributed by atoms with Crippen LogP contribution >= 0.6 is 0 Å². The van der Waals surface area contributed by atoms with E-state index in [0.29, 0.717) is 6.04 Å². The van der Waals surface area contributed by atoms with Crippen molar-refractivity contribution in [3.63, 3.8) is 0 Å². The molecule has 0 saturated carbocycles. The van der Waals surface area contributed by atoms with Crippen LogP contribution in [0.5, 0.6) is 0 Å². The molecule has 98 valence electrons. The predicted octanol–water partition coefficient (Wildman–Crippen LogP) is 2.41. The van der Waals surface area contributed by atoms with Gasteiger partial charge in [0.15, 0.2) is 6.29 Å². The summed E-state index contributed by atoms with van der Waals surface area (Å²) in [6, 6.07) is 11.1. The molecule has 3 rings (SSSR count). The van der Waals surface area contributed by atoms with Crippen LogP contribution in [0.15, 0.2) is 30.3 Å². The van der Waals surface area contributed by atoms with Gasteiger partial charge in [-0.15, -0.1) is 0 Å². The summed E-state index contributed by atoms with van der Waals surface area (Å²) in [7, 11) is 0. The zero-order valence-corrected chi connectivity index (χ0v) is 10.8. The second kappa shape index (κ2) is 5.83. The Balaban J connectivity index is 1.67. The summed E-state index contributed by atoms with van der Waals surface area (Å²) in [5.74, 6) is 0. The van der Waals surface area contributed by atoms with E-state index in [-0.39, 0.29) is 6.29 Å². The molecular weight excluding hydrogens is 226 g/mol. The molecule has 0 radical (unpaired) electrons. The summed E-state index contributed by atoms with van der Waals surface area (Å²) < 4.78 is 11.4. The van der Waals surface area contributed by atoms with Crippen LogP contribution in [0, 0.1) is 0 Å². The van der Waals surface area contributed by atoms with Crippen molar-refractivity contribution in [1.29, 1.82) is 0 Å². The van der Waals surface area contributed by atoms with Gasteiger partial charge in [0.25, 0.3) is 0 Å². The van der Waals surface area contributed by atoms with Crippen molar-refractivity contribution in [1.82, 2.24) is 4.90 Å². The van der Waals surface area contributed by atoms with Gasteiger partial charge in [-0.1, -0.05) is 36.8 Å². The first kappa shape index (κ1) is 12.2. The average molecular weight is 247 g/mol. The molecular formula is C15H21NO2. The highest BCUT2D eigenvalue weighted by Gasteiger charge is 2.33. The highest BCUT2D eigenvalue weighted by atomic mass is 16.7. The Bertz CT molecular complexity index is 362. The van der Waals surface area contributed by atoms with Gasteiger partial charge in [0.1, 0.15) is 0 Å². The van der Waals surface area contributed by atoms with Gasteiger partial charge in [0, 0.05) is 6.54 Å². The van der Waals surface area contributed by atoms with Gasteiger partial charge in [0.2, 0.25) is 0 Å². The fourth-order valence-corrected chi connectivity index (χ4v) is 2.94. The smallest absolute Gasteiger partial charge is 0.173 e. The first-order chi connectivity index (χ1) is 8.93. The molecule has 2 aliphatic heterocycles. The molecule has 0 amide bonds. The van der Waals surface area contributed by atoms with Crippen molar-refractivity contribution in [3.8, 4) is 0 Å². The Labute approximate surface area is 109 Å². The Morgan fingerprint density at radius 3 is 2.61 bits per heavy atom. The molecule has 0 aromatic heterocycles. The number of likely N-dealkylation sites (tertiary alicyclic amines) is 1. The minimum Gasteiger partial charge on any atom is -0.349 e. The third-order valence-electron chi connectivity index (χ3n) is 3.85. The van der Waals surface area contributed by atoms with Crippen LogP contribution in [-0.2, 0) is 16.0 Å². The maximum absolute atomic E-state index is 5.70. The molecule has 0 N–H and O–H groups in total. The van der Waals surface area contributed by atoms with Crippen molar-refractivity contribution >= 4 is 0 Å². The van der Waals surface area contributed by atoms with Gasteiger partial charge < -0.3 is 9.47 Å². The third kappa shape index (κ3) is 2.74. The molecule has 1 aromatic carbocycles. The molecule has 2 saturated heterocycles. The predicted molar refractivity (Wildman–Crippen MR) is 70.2 cm³/mol. The number of nitrogens with zero attached hydrogens (tertiary/aromatic N) is 1. The van der Waals surface area contributed by atoms with E-state index in [2.05, 4.69) is 35.2 Å². The van der Waals surface area contributed by atoms with E-state index in [9.17, 15) is 0 Å². The summed E-state index contributed by atoms with van der Waals surface area (Å²) in [6.07, 6.45) is 3.77. The fraction of sp³-hybridized carbons (Fsp3) is 0.600. The maximum atomic E-state index is 5.70. The van der Waals surface area contributed by atoms with E-state index in [1.165, 1.54) is 24.8 Å². The van der Waals surface area contributed by atoms with Crippen LogP contribution in [0.3, 0.4) is 0 Å². The van der Waals surface area contributed by atoms with E-state index in [0.717, 1.165) is 26.3 Å². The number of piperidine rings is 1. The molecule has 1 aromatic rings. The Morgan fingerprint density at radius 2 is 1.83 bits per heavy atom. The molecule has 2 fully saturated rings. The van der Waals surface area contributed by atoms with E-state index < -0.39 is 0 Å². The van der Waals surface area contributed by atoms with Crippen LogP contribution in [0.2, 0.25) is 0 Å². The van der Waals surface area contributed by atoms with Gasteiger partial charge in [-0.3, -0.25) is 4.90 Å². The standard InChI is InChI=1S/C15H21NO2/c1-2-6-13(7-3-1)12-16-9-5-4-8-14(16)15-17-10-11-18-15/h1-3,6-7,14-15H,4-5,8-12H2/t14-/m1/s1. The molecule has 0 spiro atoms. The first-order valence-corrected chi connectivity index (χ1v) is 6.95. The van der Waals surface area contributed by atoms with Crippen LogP contribution in [-0.4, -0.2) is 37.0 Å². The lowest BCUT2D eigenvalue weighted by molar-refractivity contribution is -0.111. The molecule has 2 heterocycles. The third-order valence-corrected chi connectivity index (χ3v) is 3.85. The normalized spacial score (nSPS) is 26.6. The summed E-state index contributed by atoms with van der Waals surface area (Å²) in [5.41, 5.74) is 1.38. The molecule has 2 aliphatic rings. The van der Waals surface area contributed by atoms with Crippen molar-refractivity contribution in [2.75, 3.05) is 19.8 Å². The lowest BCUT2D eigenvalue weighted by Gasteiger charge is -2.38. The average Bonchev–Trinajstić information content (AvgIpc) is 2.94. The molecule has 0 aliphatic carbocycles.